The maximum absolute atomic E-state index is 8.78. The van der Waals surface area contributed by atoms with Gasteiger partial charge in [0, 0.05) is 16.6 Å². The van der Waals surface area contributed by atoms with E-state index in [2.05, 4.69) is 10.1 Å². The Morgan fingerprint density at radius 1 is 1.40 bits per heavy atom. The smallest absolute Gasteiger partial charge is 0.161 e. The molecule has 0 saturated heterocycles. The molecular formula is C14H16N2O3S. The van der Waals surface area contributed by atoms with Gasteiger partial charge in [0.1, 0.15) is 11.6 Å². The maximum Gasteiger partial charge on any atom is 0.161 e. The molecule has 0 aliphatic heterocycles. The second-order valence-corrected chi connectivity index (χ2v) is 5.17. The number of hydrogen-bond donors (Lipinski definition) is 1. The lowest BCUT2D eigenvalue weighted by Crippen LogP contribution is -2.00. The lowest BCUT2D eigenvalue weighted by Gasteiger charge is -2.11. The Hall–Kier alpha value is -2.08. The Balaban J connectivity index is 2.15. The summed E-state index contributed by atoms with van der Waals surface area (Å²) in [6.45, 7) is 4.07. The summed E-state index contributed by atoms with van der Waals surface area (Å²) in [7, 11) is 1.57. The number of methoxy groups -OCH3 is 1. The summed E-state index contributed by atoms with van der Waals surface area (Å²) in [6.07, 6.45) is 0. The van der Waals surface area contributed by atoms with Gasteiger partial charge in [0.05, 0.1) is 12.8 Å². The Morgan fingerprint density at radius 3 is 2.80 bits per heavy atom. The molecule has 2 aromatic rings. The zero-order valence-electron chi connectivity index (χ0n) is 11.6. The average Bonchev–Trinajstić information content (AvgIpc) is 2.89. The maximum atomic E-state index is 8.78. The van der Waals surface area contributed by atoms with E-state index in [4.69, 9.17) is 14.7 Å². The van der Waals surface area contributed by atoms with Gasteiger partial charge in [-0.1, -0.05) is 5.16 Å². The van der Waals surface area contributed by atoms with Crippen LogP contribution in [0.25, 0.3) is 0 Å². The van der Waals surface area contributed by atoms with E-state index in [1.807, 2.05) is 18.4 Å². The molecule has 5 nitrogen and oxygen atoms in total. The molecule has 1 aromatic carbocycles. The van der Waals surface area contributed by atoms with E-state index < -0.39 is 0 Å². The van der Waals surface area contributed by atoms with Crippen molar-refractivity contribution >= 4 is 17.0 Å². The molecule has 0 aliphatic carbocycles. The van der Waals surface area contributed by atoms with Crippen molar-refractivity contribution in [3.05, 3.63) is 39.8 Å². The molecule has 1 N–H and O–H groups in total. The highest BCUT2D eigenvalue weighted by atomic mass is 32.1. The summed E-state index contributed by atoms with van der Waals surface area (Å²) in [5, 5.41) is 14.9. The lowest BCUT2D eigenvalue weighted by molar-refractivity contribution is 0.284. The molecule has 0 saturated carbocycles. The topological polar surface area (TPSA) is 63.9 Å². The van der Waals surface area contributed by atoms with Crippen molar-refractivity contribution in [1.29, 1.82) is 0 Å². The monoisotopic (exact) mass is 292 g/mol. The van der Waals surface area contributed by atoms with Crippen molar-refractivity contribution in [2.75, 3.05) is 7.11 Å². The van der Waals surface area contributed by atoms with Crippen molar-refractivity contribution in [2.24, 2.45) is 5.16 Å². The van der Waals surface area contributed by atoms with E-state index in [1.165, 1.54) is 0 Å². The zero-order valence-corrected chi connectivity index (χ0v) is 12.4. The third-order valence-corrected chi connectivity index (χ3v) is 3.69. The molecule has 0 atom stereocenters. The fourth-order valence-corrected chi connectivity index (χ4v) is 2.36. The van der Waals surface area contributed by atoms with Crippen LogP contribution in [0.3, 0.4) is 0 Å². The summed E-state index contributed by atoms with van der Waals surface area (Å²) in [5.74, 6) is 1.23. The van der Waals surface area contributed by atoms with Gasteiger partial charge in [-0.2, -0.15) is 0 Å². The summed E-state index contributed by atoms with van der Waals surface area (Å²) in [6, 6.07) is 5.39. The first-order valence-corrected chi connectivity index (χ1v) is 6.93. The van der Waals surface area contributed by atoms with E-state index >= 15 is 0 Å². The van der Waals surface area contributed by atoms with Gasteiger partial charge in [-0.3, -0.25) is 0 Å². The van der Waals surface area contributed by atoms with E-state index in [1.54, 1.807) is 37.5 Å². The standard InChI is InChI=1S/C14H16N2O3S/c1-9-8-20-14(15-9)7-19-12-5-4-11(10(2)16-17)6-13(12)18-3/h4-6,8,17H,7H2,1-3H3/b16-10+. The number of rotatable bonds is 5. The van der Waals surface area contributed by atoms with Crippen LogP contribution in [0.5, 0.6) is 11.5 Å². The second kappa shape index (κ2) is 6.38. The van der Waals surface area contributed by atoms with E-state index in [0.29, 0.717) is 23.8 Å². The molecular weight excluding hydrogens is 276 g/mol. The fourth-order valence-electron chi connectivity index (χ4n) is 1.68. The normalized spacial score (nSPS) is 11.4. The van der Waals surface area contributed by atoms with Crippen LogP contribution < -0.4 is 9.47 Å². The number of oxime groups is 1. The van der Waals surface area contributed by atoms with Crippen LogP contribution in [0, 0.1) is 6.92 Å². The highest BCUT2D eigenvalue weighted by Gasteiger charge is 2.09. The summed E-state index contributed by atoms with van der Waals surface area (Å²) in [5.41, 5.74) is 2.29. The molecule has 20 heavy (non-hydrogen) atoms. The minimum Gasteiger partial charge on any atom is -0.493 e. The van der Waals surface area contributed by atoms with Gasteiger partial charge in [-0.05, 0) is 32.0 Å². The van der Waals surface area contributed by atoms with Gasteiger partial charge in [-0.15, -0.1) is 11.3 Å². The highest BCUT2D eigenvalue weighted by molar-refractivity contribution is 7.09. The minimum absolute atomic E-state index is 0.404. The highest BCUT2D eigenvalue weighted by Crippen LogP contribution is 2.29. The molecule has 1 heterocycles. The first-order valence-electron chi connectivity index (χ1n) is 6.05. The SMILES string of the molecule is COc1cc(/C(C)=N/O)ccc1OCc1nc(C)cs1. The molecule has 0 radical (unpaired) electrons. The molecule has 0 aliphatic rings. The van der Waals surface area contributed by atoms with Crippen LogP contribution in [-0.2, 0) is 6.61 Å². The van der Waals surface area contributed by atoms with Crippen LogP contribution >= 0.6 is 11.3 Å². The van der Waals surface area contributed by atoms with E-state index in [-0.39, 0.29) is 0 Å². The zero-order chi connectivity index (χ0) is 14.5. The fraction of sp³-hybridized carbons (Fsp3) is 0.286. The van der Waals surface area contributed by atoms with Gasteiger partial charge < -0.3 is 14.7 Å². The van der Waals surface area contributed by atoms with Crippen molar-refractivity contribution < 1.29 is 14.7 Å². The van der Waals surface area contributed by atoms with Crippen LogP contribution in [0.1, 0.15) is 23.2 Å². The second-order valence-electron chi connectivity index (χ2n) is 4.22. The van der Waals surface area contributed by atoms with Crippen molar-refractivity contribution in [3.8, 4) is 11.5 Å². The summed E-state index contributed by atoms with van der Waals surface area (Å²) >= 11 is 1.56. The number of nitrogens with zero attached hydrogens (tertiary/aromatic N) is 2. The quantitative estimate of drug-likeness (QED) is 0.522. The number of aryl methyl sites for hydroxylation is 1. The molecule has 0 amide bonds. The molecule has 0 fully saturated rings. The Kier molecular flexibility index (Phi) is 4.57. The average molecular weight is 292 g/mol. The predicted molar refractivity (Wildman–Crippen MR) is 78.2 cm³/mol. The first-order chi connectivity index (χ1) is 9.63. The largest absolute Gasteiger partial charge is 0.493 e. The number of aromatic nitrogens is 1. The number of thiazole rings is 1. The van der Waals surface area contributed by atoms with Gasteiger partial charge in [-0.25, -0.2) is 4.98 Å². The summed E-state index contributed by atoms with van der Waals surface area (Å²) < 4.78 is 11.0. The number of ether oxygens (including phenoxy) is 2. The number of hydrogen-bond acceptors (Lipinski definition) is 6. The Labute approximate surface area is 121 Å². The Bertz CT molecular complexity index is 623. The first kappa shape index (κ1) is 14.3. The molecule has 0 unspecified atom stereocenters. The predicted octanol–water partition coefficient (Wildman–Crippen LogP) is 3.24. The number of benzene rings is 1. The molecule has 0 spiro atoms. The molecule has 1 aromatic heterocycles. The van der Waals surface area contributed by atoms with Gasteiger partial charge >= 0.3 is 0 Å². The minimum atomic E-state index is 0.404. The van der Waals surface area contributed by atoms with Crippen molar-refractivity contribution in [2.45, 2.75) is 20.5 Å². The molecule has 0 bridgehead atoms. The third-order valence-electron chi connectivity index (χ3n) is 2.75. The van der Waals surface area contributed by atoms with Crippen LogP contribution in [0.4, 0.5) is 0 Å². The third kappa shape index (κ3) is 3.27. The van der Waals surface area contributed by atoms with Crippen LogP contribution in [0.15, 0.2) is 28.7 Å². The van der Waals surface area contributed by atoms with Crippen molar-refractivity contribution in [1.82, 2.24) is 4.98 Å². The summed E-state index contributed by atoms with van der Waals surface area (Å²) in [4.78, 5) is 4.34. The molecule has 6 heteroatoms. The Morgan fingerprint density at radius 2 is 2.20 bits per heavy atom. The van der Waals surface area contributed by atoms with Gasteiger partial charge in [0.2, 0.25) is 0 Å². The van der Waals surface area contributed by atoms with Crippen LogP contribution in [-0.4, -0.2) is 23.0 Å². The molecule has 2 rings (SSSR count). The van der Waals surface area contributed by atoms with Crippen molar-refractivity contribution in [3.63, 3.8) is 0 Å². The lowest BCUT2D eigenvalue weighted by atomic mass is 10.1. The van der Waals surface area contributed by atoms with Gasteiger partial charge in [0.15, 0.2) is 11.5 Å². The van der Waals surface area contributed by atoms with E-state index in [0.717, 1.165) is 16.3 Å². The van der Waals surface area contributed by atoms with Crippen LogP contribution in [0.2, 0.25) is 0 Å². The molecule has 106 valence electrons. The van der Waals surface area contributed by atoms with E-state index in [9.17, 15) is 0 Å². The van der Waals surface area contributed by atoms with Gasteiger partial charge in [0.25, 0.3) is 0 Å².